The first-order valence-electron chi connectivity index (χ1n) is 5.62. The average Bonchev–Trinajstić information content (AvgIpc) is 2.38. The lowest BCUT2D eigenvalue weighted by Crippen LogP contribution is -2.44. The van der Waals surface area contributed by atoms with Crippen LogP contribution in [0.25, 0.3) is 0 Å². The number of nitrogens with zero attached hydrogens (tertiary/aromatic N) is 1. The van der Waals surface area contributed by atoms with Gasteiger partial charge in [0.1, 0.15) is 5.75 Å². The number of halogens is 3. The SMILES string of the molecule is CC(NC(=O)Nc1ccc(OC(F)(F)F)cc1)/C(N)=N/O. The standard InChI is InChI=1S/C11H13F3N4O3/c1-6(9(15)18-20)16-10(19)17-7-2-4-8(5-3-7)21-11(12,13)14/h2-6,20H,1H3,(H2,15,18)(H2,16,17,19). The Bertz CT molecular complexity index is 516. The predicted octanol–water partition coefficient (Wildman–Crippen LogP) is 1.84. The first-order valence-corrected chi connectivity index (χ1v) is 5.62. The van der Waals surface area contributed by atoms with Gasteiger partial charge >= 0.3 is 12.4 Å². The fourth-order valence-electron chi connectivity index (χ4n) is 1.26. The number of amidine groups is 1. The zero-order chi connectivity index (χ0) is 16.0. The first kappa shape index (κ1) is 16.4. The summed E-state index contributed by atoms with van der Waals surface area (Å²) in [6.45, 7) is 1.48. The van der Waals surface area contributed by atoms with Gasteiger partial charge in [-0.1, -0.05) is 5.16 Å². The number of amides is 2. The van der Waals surface area contributed by atoms with E-state index in [0.29, 0.717) is 0 Å². The molecule has 1 unspecified atom stereocenters. The summed E-state index contributed by atoms with van der Waals surface area (Å²) in [6, 6.07) is 3.18. The molecule has 0 aliphatic rings. The summed E-state index contributed by atoms with van der Waals surface area (Å²) < 4.78 is 39.6. The smallest absolute Gasteiger partial charge is 0.409 e. The predicted molar refractivity (Wildman–Crippen MR) is 68.2 cm³/mol. The maximum Gasteiger partial charge on any atom is 0.573 e. The molecule has 1 rings (SSSR count). The van der Waals surface area contributed by atoms with Crippen molar-refractivity contribution in [2.24, 2.45) is 10.9 Å². The molecule has 2 amide bonds. The van der Waals surface area contributed by atoms with Gasteiger partial charge in [-0.25, -0.2) is 4.79 Å². The van der Waals surface area contributed by atoms with Crippen molar-refractivity contribution < 1.29 is 27.9 Å². The fraction of sp³-hybridized carbons (Fsp3) is 0.273. The molecule has 0 saturated heterocycles. The molecule has 10 heteroatoms. The Morgan fingerprint density at radius 2 is 1.95 bits per heavy atom. The monoisotopic (exact) mass is 306 g/mol. The van der Waals surface area contributed by atoms with E-state index in [-0.39, 0.29) is 11.5 Å². The largest absolute Gasteiger partial charge is 0.573 e. The number of carbonyl (C=O) groups excluding carboxylic acids is 1. The van der Waals surface area contributed by atoms with Crippen molar-refractivity contribution in [3.63, 3.8) is 0 Å². The Morgan fingerprint density at radius 1 is 1.38 bits per heavy atom. The number of benzene rings is 1. The van der Waals surface area contributed by atoms with Crippen molar-refractivity contribution in [2.75, 3.05) is 5.32 Å². The summed E-state index contributed by atoms with van der Waals surface area (Å²) >= 11 is 0. The van der Waals surface area contributed by atoms with Crippen molar-refractivity contribution in [1.29, 1.82) is 0 Å². The van der Waals surface area contributed by atoms with E-state index in [1.54, 1.807) is 0 Å². The second-order valence-electron chi connectivity index (χ2n) is 3.92. The highest BCUT2D eigenvalue weighted by Gasteiger charge is 2.30. The van der Waals surface area contributed by atoms with Gasteiger partial charge in [-0.05, 0) is 31.2 Å². The third-order valence-electron chi connectivity index (χ3n) is 2.25. The van der Waals surface area contributed by atoms with E-state index in [0.717, 1.165) is 12.1 Å². The minimum atomic E-state index is -4.77. The number of hydrogen-bond acceptors (Lipinski definition) is 4. The van der Waals surface area contributed by atoms with Crippen LogP contribution in [0.3, 0.4) is 0 Å². The number of ether oxygens (including phenoxy) is 1. The van der Waals surface area contributed by atoms with Crippen LogP contribution in [0.2, 0.25) is 0 Å². The Balaban J connectivity index is 2.58. The molecule has 5 N–H and O–H groups in total. The van der Waals surface area contributed by atoms with Crippen LogP contribution in [0.4, 0.5) is 23.7 Å². The van der Waals surface area contributed by atoms with E-state index in [1.165, 1.54) is 19.1 Å². The lowest BCUT2D eigenvalue weighted by Gasteiger charge is -2.13. The Kier molecular flexibility index (Phi) is 5.22. The number of carbonyl (C=O) groups is 1. The molecular formula is C11H13F3N4O3. The lowest BCUT2D eigenvalue weighted by molar-refractivity contribution is -0.274. The van der Waals surface area contributed by atoms with E-state index in [2.05, 4.69) is 20.5 Å². The molecule has 0 radical (unpaired) electrons. The van der Waals surface area contributed by atoms with E-state index in [4.69, 9.17) is 10.9 Å². The molecule has 116 valence electrons. The van der Waals surface area contributed by atoms with Crippen LogP contribution >= 0.6 is 0 Å². The van der Waals surface area contributed by atoms with Crippen LogP contribution < -0.4 is 21.1 Å². The van der Waals surface area contributed by atoms with Crippen molar-refractivity contribution in [2.45, 2.75) is 19.3 Å². The Morgan fingerprint density at radius 3 is 2.43 bits per heavy atom. The van der Waals surface area contributed by atoms with Crippen molar-refractivity contribution in [3.05, 3.63) is 24.3 Å². The number of nitrogens with two attached hydrogens (primary N) is 1. The molecule has 0 aromatic heterocycles. The highest BCUT2D eigenvalue weighted by atomic mass is 19.4. The second-order valence-corrected chi connectivity index (χ2v) is 3.92. The second kappa shape index (κ2) is 6.68. The highest BCUT2D eigenvalue weighted by Crippen LogP contribution is 2.23. The number of alkyl halides is 3. The van der Waals surface area contributed by atoms with Gasteiger partial charge < -0.3 is 26.3 Å². The molecule has 0 saturated carbocycles. The Labute approximate surface area is 117 Å². The summed E-state index contributed by atoms with van der Waals surface area (Å²) in [7, 11) is 0. The van der Waals surface area contributed by atoms with Crippen LogP contribution in [0.15, 0.2) is 29.4 Å². The third-order valence-corrected chi connectivity index (χ3v) is 2.25. The van der Waals surface area contributed by atoms with Gasteiger partial charge in [0.25, 0.3) is 0 Å². The quantitative estimate of drug-likeness (QED) is 0.294. The molecule has 0 heterocycles. The molecular weight excluding hydrogens is 293 g/mol. The van der Waals surface area contributed by atoms with E-state index < -0.39 is 24.2 Å². The number of urea groups is 1. The molecule has 0 bridgehead atoms. The van der Waals surface area contributed by atoms with Crippen LogP contribution in [0, 0.1) is 0 Å². The van der Waals surface area contributed by atoms with Crippen LogP contribution in [0.5, 0.6) is 5.75 Å². The summed E-state index contributed by atoms with van der Waals surface area (Å²) in [5.74, 6) is -0.599. The molecule has 0 aliphatic carbocycles. The highest BCUT2D eigenvalue weighted by molar-refractivity contribution is 5.94. The summed E-state index contributed by atoms with van der Waals surface area (Å²) in [4.78, 5) is 11.5. The number of rotatable bonds is 4. The van der Waals surface area contributed by atoms with Gasteiger partial charge in [-0.2, -0.15) is 0 Å². The molecule has 0 spiro atoms. The lowest BCUT2D eigenvalue weighted by atomic mass is 10.3. The minimum Gasteiger partial charge on any atom is -0.409 e. The van der Waals surface area contributed by atoms with E-state index >= 15 is 0 Å². The van der Waals surface area contributed by atoms with Gasteiger partial charge in [0.15, 0.2) is 5.84 Å². The zero-order valence-corrected chi connectivity index (χ0v) is 10.8. The number of oxime groups is 1. The van der Waals surface area contributed by atoms with Gasteiger partial charge in [-0.15, -0.1) is 13.2 Å². The molecule has 21 heavy (non-hydrogen) atoms. The third kappa shape index (κ3) is 5.89. The van der Waals surface area contributed by atoms with E-state index in [1.807, 2.05) is 0 Å². The summed E-state index contributed by atoms with van der Waals surface area (Å²) in [6.07, 6.45) is -4.77. The van der Waals surface area contributed by atoms with Crippen LogP contribution in [-0.4, -0.2) is 29.5 Å². The molecule has 0 aliphatic heterocycles. The minimum absolute atomic E-state index is 0.195. The van der Waals surface area contributed by atoms with Crippen molar-refractivity contribution in [3.8, 4) is 5.75 Å². The van der Waals surface area contributed by atoms with E-state index in [9.17, 15) is 18.0 Å². The molecule has 0 fully saturated rings. The van der Waals surface area contributed by atoms with Crippen LogP contribution in [-0.2, 0) is 0 Å². The van der Waals surface area contributed by atoms with Crippen molar-refractivity contribution in [1.82, 2.24) is 5.32 Å². The van der Waals surface area contributed by atoms with Gasteiger partial charge in [0.2, 0.25) is 0 Å². The Hall–Kier alpha value is -2.65. The molecule has 1 aromatic carbocycles. The first-order chi connectivity index (χ1) is 9.71. The molecule has 1 atom stereocenters. The maximum atomic E-state index is 12.0. The summed E-state index contributed by atoms with van der Waals surface area (Å²) in [5, 5.41) is 15.9. The average molecular weight is 306 g/mol. The van der Waals surface area contributed by atoms with Gasteiger partial charge in [-0.3, -0.25) is 0 Å². The molecule has 1 aromatic rings. The topological polar surface area (TPSA) is 109 Å². The van der Waals surface area contributed by atoms with Crippen LogP contribution in [0.1, 0.15) is 6.92 Å². The number of nitrogens with one attached hydrogen (secondary N) is 2. The molecule has 7 nitrogen and oxygen atoms in total. The fourth-order valence-corrected chi connectivity index (χ4v) is 1.26. The van der Waals surface area contributed by atoms with Crippen molar-refractivity contribution >= 4 is 17.6 Å². The number of anilines is 1. The normalized spacial score (nSPS) is 13.4. The van der Waals surface area contributed by atoms with Gasteiger partial charge in [0.05, 0.1) is 6.04 Å². The van der Waals surface area contributed by atoms with Gasteiger partial charge in [0, 0.05) is 5.69 Å². The summed E-state index contributed by atoms with van der Waals surface area (Å²) in [5.41, 5.74) is 5.52. The zero-order valence-electron chi connectivity index (χ0n) is 10.8. The number of hydrogen-bond donors (Lipinski definition) is 4. The maximum absolute atomic E-state index is 12.0.